The number of halogens is 1. The van der Waals surface area contributed by atoms with E-state index in [9.17, 15) is 15.2 Å². The van der Waals surface area contributed by atoms with Gasteiger partial charge in [-0.05, 0) is 31.4 Å². The summed E-state index contributed by atoms with van der Waals surface area (Å²) in [6.45, 7) is 1.87. The summed E-state index contributed by atoms with van der Waals surface area (Å²) in [6.07, 6.45) is 4.45. The Morgan fingerprint density at radius 2 is 2.05 bits per heavy atom. The van der Waals surface area contributed by atoms with Crippen LogP contribution in [0.5, 0.6) is 5.75 Å². The minimum atomic E-state index is -0.856. The van der Waals surface area contributed by atoms with Gasteiger partial charge in [0.15, 0.2) is 5.75 Å². The highest BCUT2D eigenvalue weighted by Gasteiger charge is 2.31. The lowest BCUT2D eigenvalue weighted by molar-refractivity contribution is -0.386. The van der Waals surface area contributed by atoms with Gasteiger partial charge in [-0.1, -0.05) is 35.2 Å². The number of benzene rings is 1. The molecule has 1 aromatic rings. The molecule has 0 aromatic heterocycles. The van der Waals surface area contributed by atoms with Crippen molar-refractivity contribution in [2.45, 2.75) is 44.6 Å². The first-order valence-electron chi connectivity index (χ1n) is 6.71. The summed E-state index contributed by atoms with van der Waals surface area (Å²) in [5.41, 5.74) is -0.243. The second-order valence-corrected chi connectivity index (χ2v) is 6.32. The van der Waals surface area contributed by atoms with E-state index in [0.717, 1.165) is 19.3 Å². The molecule has 0 spiro atoms. The van der Waals surface area contributed by atoms with Crippen LogP contribution in [0.3, 0.4) is 0 Å². The van der Waals surface area contributed by atoms with Crippen molar-refractivity contribution in [3.8, 4) is 5.75 Å². The molecule has 110 valence electrons. The van der Waals surface area contributed by atoms with E-state index in [1.165, 1.54) is 6.07 Å². The molecular formula is C14H18BrNO4. The van der Waals surface area contributed by atoms with E-state index in [-0.39, 0.29) is 18.0 Å². The minimum absolute atomic E-state index is 0.0729. The van der Waals surface area contributed by atoms with Gasteiger partial charge in [-0.2, -0.15) is 0 Å². The Morgan fingerprint density at radius 3 is 2.65 bits per heavy atom. The molecule has 0 atom stereocenters. The van der Waals surface area contributed by atoms with Gasteiger partial charge in [-0.25, -0.2) is 0 Å². The van der Waals surface area contributed by atoms with Crippen LogP contribution in [0.25, 0.3) is 0 Å². The molecule has 5 nitrogen and oxygen atoms in total. The van der Waals surface area contributed by atoms with Crippen LogP contribution in [0, 0.1) is 17.0 Å². The molecule has 2 rings (SSSR count). The summed E-state index contributed by atoms with van der Waals surface area (Å²) in [5, 5.41) is 21.5. The first-order valence-corrected chi connectivity index (χ1v) is 7.50. The van der Waals surface area contributed by atoms with Crippen molar-refractivity contribution < 1.29 is 14.8 Å². The highest BCUT2D eigenvalue weighted by molar-refractivity contribution is 9.10. The molecule has 1 aliphatic rings. The maximum atomic E-state index is 11.1. The Morgan fingerprint density at radius 1 is 1.40 bits per heavy atom. The van der Waals surface area contributed by atoms with Crippen LogP contribution in [0.15, 0.2) is 16.6 Å². The maximum absolute atomic E-state index is 11.1. The number of hydrogen-bond donors (Lipinski definition) is 1. The van der Waals surface area contributed by atoms with Crippen LogP contribution in [-0.2, 0) is 0 Å². The standard InChI is InChI=1S/C14H18BrNO4/c1-10-7-11(15)8-12(16(18)19)13(10)20-9-14(17)5-3-2-4-6-14/h7-8,17H,2-6,9H2,1H3. The molecule has 0 heterocycles. The van der Waals surface area contributed by atoms with Crippen LogP contribution in [0.1, 0.15) is 37.7 Å². The molecule has 6 heteroatoms. The predicted octanol–water partition coefficient (Wildman–Crippen LogP) is 3.74. The Balaban J connectivity index is 2.18. The van der Waals surface area contributed by atoms with E-state index in [2.05, 4.69) is 15.9 Å². The molecule has 0 radical (unpaired) electrons. The summed E-state index contributed by atoms with van der Waals surface area (Å²) < 4.78 is 6.26. The fraction of sp³-hybridized carbons (Fsp3) is 0.571. The number of nitrogens with zero attached hydrogens (tertiary/aromatic N) is 1. The zero-order chi connectivity index (χ0) is 14.8. The van der Waals surface area contributed by atoms with E-state index in [4.69, 9.17) is 4.74 Å². The second-order valence-electron chi connectivity index (χ2n) is 5.40. The second kappa shape index (κ2) is 6.10. The molecule has 1 fully saturated rings. The molecular weight excluding hydrogens is 326 g/mol. The van der Waals surface area contributed by atoms with Crippen molar-refractivity contribution in [3.05, 3.63) is 32.3 Å². The number of ether oxygens (including phenoxy) is 1. The largest absolute Gasteiger partial charge is 0.484 e. The van der Waals surface area contributed by atoms with Crippen molar-refractivity contribution in [1.82, 2.24) is 0 Å². The van der Waals surface area contributed by atoms with Gasteiger partial charge in [0.1, 0.15) is 6.61 Å². The molecule has 0 unspecified atom stereocenters. The number of aliphatic hydroxyl groups is 1. The van der Waals surface area contributed by atoms with Gasteiger partial charge in [0.05, 0.1) is 10.5 Å². The molecule has 0 amide bonds. The third-order valence-corrected chi connectivity index (χ3v) is 4.14. The summed E-state index contributed by atoms with van der Waals surface area (Å²) in [7, 11) is 0. The summed E-state index contributed by atoms with van der Waals surface area (Å²) >= 11 is 3.24. The summed E-state index contributed by atoms with van der Waals surface area (Å²) in [4.78, 5) is 10.6. The zero-order valence-electron chi connectivity index (χ0n) is 11.4. The number of nitro benzene ring substituents is 1. The Bertz CT molecular complexity index is 512. The molecule has 1 aliphatic carbocycles. The molecule has 0 aliphatic heterocycles. The van der Waals surface area contributed by atoms with Crippen molar-refractivity contribution in [3.63, 3.8) is 0 Å². The Labute approximate surface area is 126 Å². The lowest BCUT2D eigenvalue weighted by atomic mass is 9.85. The van der Waals surface area contributed by atoms with E-state index in [0.29, 0.717) is 22.9 Å². The van der Waals surface area contributed by atoms with Crippen LogP contribution in [0.2, 0.25) is 0 Å². The highest BCUT2D eigenvalue weighted by atomic mass is 79.9. The van der Waals surface area contributed by atoms with Crippen LogP contribution >= 0.6 is 15.9 Å². The monoisotopic (exact) mass is 343 g/mol. The average molecular weight is 344 g/mol. The average Bonchev–Trinajstić information content (AvgIpc) is 2.37. The van der Waals surface area contributed by atoms with Crippen LogP contribution in [-0.4, -0.2) is 22.2 Å². The fourth-order valence-corrected chi connectivity index (χ4v) is 3.16. The van der Waals surface area contributed by atoms with Gasteiger partial charge < -0.3 is 9.84 Å². The lowest BCUT2D eigenvalue weighted by Crippen LogP contribution is -2.38. The third-order valence-electron chi connectivity index (χ3n) is 3.69. The number of aryl methyl sites for hydroxylation is 1. The molecule has 1 N–H and O–H groups in total. The number of hydrogen-bond acceptors (Lipinski definition) is 4. The summed E-state index contributed by atoms with van der Waals surface area (Å²) in [5.74, 6) is 0.247. The Kier molecular flexibility index (Phi) is 4.65. The summed E-state index contributed by atoms with van der Waals surface area (Å²) in [6, 6.07) is 3.19. The minimum Gasteiger partial charge on any atom is -0.484 e. The smallest absolute Gasteiger partial charge is 0.312 e. The zero-order valence-corrected chi connectivity index (χ0v) is 13.0. The normalized spacial score (nSPS) is 17.8. The van der Waals surface area contributed by atoms with Gasteiger partial charge in [0.25, 0.3) is 0 Å². The van der Waals surface area contributed by atoms with Crippen molar-refractivity contribution in [1.29, 1.82) is 0 Å². The van der Waals surface area contributed by atoms with Gasteiger partial charge in [-0.3, -0.25) is 10.1 Å². The van der Waals surface area contributed by atoms with Crippen molar-refractivity contribution in [2.24, 2.45) is 0 Å². The lowest BCUT2D eigenvalue weighted by Gasteiger charge is -2.31. The molecule has 20 heavy (non-hydrogen) atoms. The molecule has 1 aromatic carbocycles. The van der Waals surface area contributed by atoms with E-state index < -0.39 is 10.5 Å². The van der Waals surface area contributed by atoms with E-state index >= 15 is 0 Å². The Hall–Kier alpha value is -1.14. The topological polar surface area (TPSA) is 72.6 Å². The van der Waals surface area contributed by atoms with Gasteiger partial charge in [-0.15, -0.1) is 0 Å². The maximum Gasteiger partial charge on any atom is 0.312 e. The first kappa shape index (κ1) is 15.3. The number of rotatable bonds is 4. The van der Waals surface area contributed by atoms with Crippen molar-refractivity contribution >= 4 is 21.6 Å². The molecule has 1 saturated carbocycles. The van der Waals surface area contributed by atoms with Gasteiger partial charge >= 0.3 is 5.69 Å². The molecule has 0 saturated heterocycles. The predicted molar refractivity (Wildman–Crippen MR) is 79.1 cm³/mol. The SMILES string of the molecule is Cc1cc(Br)cc([N+](=O)[O-])c1OCC1(O)CCCCC1. The molecule has 0 bridgehead atoms. The highest BCUT2D eigenvalue weighted by Crippen LogP contribution is 2.36. The van der Waals surface area contributed by atoms with E-state index in [1.54, 1.807) is 13.0 Å². The number of nitro groups is 1. The van der Waals surface area contributed by atoms with Crippen LogP contribution in [0.4, 0.5) is 5.69 Å². The first-order chi connectivity index (χ1) is 9.41. The fourth-order valence-electron chi connectivity index (χ4n) is 2.60. The van der Waals surface area contributed by atoms with Crippen LogP contribution < -0.4 is 4.74 Å². The quantitative estimate of drug-likeness (QED) is 0.667. The van der Waals surface area contributed by atoms with Crippen molar-refractivity contribution in [2.75, 3.05) is 6.61 Å². The van der Waals surface area contributed by atoms with Gasteiger partial charge in [0, 0.05) is 10.5 Å². The third kappa shape index (κ3) is 3.49. The van der Waals surface area contributed by atoms with E-state index in [1.807, 2.05) is 0 Å². The van der Waals surface area contributed by atoms with Gasteiger partial charge in [0.2, 0.25) is 0 Å².